The first kappa shape index (κ1) is 11.1. The van der Waals surface area contributed by atoms with Crippen molar-refractivity contribution in [2.45, 2.75) is 24.9 Å². The van der Waals surface area contributed by atoms with E-state index in [1.807, 2.05) is 0 Å². The van der Waals surface area contributed by atoms with E-state index >= 15 is 0 Å². The summed E-state index contributed by atoms with van der Waals surface area (Å²) in [6, 6.07) is 0.168. The third-order valence-electron chi connectivity index (χ3n) is 3.28. The first-order valence-corrected chi connectivity index (χ1v) is 7.16. The van der Waals surface area contributed by atoms with E-state index in [4.69, 9.17) is 0 Å². The predicted molar refractivity (Wildman–Crippen MR) is 73.1 cm³/mol. The zero-order valence-corrected chi connectivity index (χ0v) is 12.5. The normalized spacial score (nSPS) is 31.6. The second kappa shape index (κ2) is 3.72. The molecule has 0 bridgehead atoms. The van der Waals surface area contributed by atoms with Crippen molar-refractivity contribution in [2.24, 2.45) is 5.92 Å². The Morgan fingerprint density at radius 2 is 2.25 bits per heavy atom. The van der Waals surface area contributed by atoms with Crippen molar-refractivity contribution >= 4 is 51.3 Å². The molecule has 3 atom stereocenters. The lowest BCUT2D eigenvalue weighted by atomic mass is 10.1. The van der Waals surface area contributed by atoms with Crippen LogP contribution >= 0.6 is 45.2 Å². The van der Waals surface area contributed by atoms with Crippen LogP contribution in [0.25, 0.3) is 0 Å². The highest BCUT2D eigenvalue weighted by Crippen LogP contribution is 2.52. The second-order valence-corrected chi connectivity index (χ2v) is 6.33. The van der Waals surface area contributed by atoms with E-state index in [0.29, 0.717) is 5.92 Å². The van der Waals surface area contributed by atoms with Crippen molar-refractivity contribution in [1.29, 1.82) is 0 Å². The van der Waals surface area contributed by atoms with Crippen LogP contribution in [0, 0.1) is 13.3 Å². The fraction of sp³-hybridized carbons (Fsp3) is 0.556. The van der Waals surface area contributed by atoms with Crippen LogP contribution in [0.1, 0.15) is 24.7 Å². The molecule has 1 aromatic rings. The van der Waals surface area contributed by atoms with Crippen molar-refractivity contribution < 1.29 is 9.90 Å². The summed E-state index contributed by atoms with van der Waals surface area (Å²) in [7, 11) is 0. The van der Waals surface area contributed by atoms with Crippen LogP contribution in [0.15, 0.2) is 0 Å². The number of likely N-dealkylation sites (tertiary alicyclic amines) is 1. The first-order valence-electron chi connectivity index (χ1n) is 5.00. The van der Waals surface area contributed by atoms with Gasteiger partial charge in [-0.1, -0.05) is 0 Å². The average Bonchev–Trinajstić information content (AvgIpc) is 2.73. The smallest absolute Gasteiger partial charge is 0.408 e. The quantitative estimate of drug-likeness (QED) is 0.653. The van der Waals surface area contributed by atoms with Gasteiger partial charge in [-0.25, -0.2) is 9.78 Å². The molecule has 1 aliphatic heterocycles. The number of carboxylic acid groups (broad SMARTS) is 1. The van der Waals surface area contributed by atoms with Gasteiger partial charge in [-0.2, -0.15) is 0 Å². The molecule has 86 valence electrons. The maximum absolute atomic E-state index is 11.2. The number of H-pyrrole nitrogens is 1. The molecule has 2 aliphatic rings. The fourth-order valence-corrected chi connectivity index (χ4v) is 3.27. The van der Waals surface area contributed by atoms with E-state index in [9.17, 15) is 9.90 Å². The maximum atomic E-state index is 11.2. The molecular formula is C9H9I2N3O2. The highest BCUT2D eigenvalue weighted by molar-refractivity contribution is 14.1. The number of amides is 1. The minimum absolute atomic E-state index is 0.0710. The third kappa shape index (κ3) is 1.62. The van der Waals surface area contributed by atoms with E-state index in [1.165, 1.54) is 0 Å². The molecule has 0 aromatic carbocycles. The highest BCUT2D eigenvalue weighted by atomic mass is 127. The molecule has 1 saturated heterocycles. The molecule has 0 spiro atoms. The summed E-state index contributed by atoms with van der Waals surface area (Å²) in [6.07, 6.45) is 1.12. The summed E-state index contributed by atoms with van der Waals surface area (Å²) in [4.78, 5) is 20.3. The zero-order valence-electron chi connectivity index (χ0n) is 8.15. The number of piperidine rings is 1. The summed E-state index contributed by atoms with van der Waals surface area (Å²) in [5, 5.41) is 9.20. The number of imidazole rings is 1. The number of nitrogens with zero attached hydrogens (tertiary/aromatic N) is 2. The number of rotatable bonds is 1. The van der Waals surface area contributed by atoms with Gasteiger partial charge in [0.2, 0.25) is 0 Å². The Morgan fingerprint density at radius 1 is 1.50 bits per heavy atom. The van der Waals surface area contributed by atoms with Gasteiger partial charge in [-0.3, -0.25) is 4.90 Å². The van der Waals surface area contributed by atoms with Gasteiger partial charge in [-0.05, 0) is 63.9 Å². The van der Waals surface area contributed by atoms with Gasteiger partial charge >= 0.3 is 6.09 Å². The van der Waals surface area contributed by atoms with E-state index < -0.39 is 6.09 Å². The summed E-state index contributed by atoms with van der Waals surface area (Å²) >= 11 is 4.34. The Labute approximate surface area is 119 Å². The standard InChI is InChI=1S/C9H9I2N3O2/c10-6-7(11)13-8(12-6)5-2-3-1-4(3)14(5)9(15)16/h3-5H,1-2H2,(H,12,13)(H,15,16). The van der Waals surface area contributed by atoms with Gasteiger partial charge in [0.05, 0.1) is 6.04 Å². The van der Waals surface area contributed by atoms with Gasteiger partial charge in [-0.15, -0.1) is 0 Å². The molecule has 3 unspecified atom stereocenters. The van der Waals surface area contributed by atoms with E-state index in [-0.39, 0.29) is 12.1 Å². The lowest BCUT2D eigenvalue weighted by molar-refractivity contribution is 0.128. The van der Waals surface area contributed by atoms with Gasteiger partial charge in [0.1, 0.15) is 13.2 Å². The average molecular weight is 445 g/mol. The largest absolute Gasteiger partial charge is 0.465 e. The van der Waals surface area contributed by atoms with Crippen LogP contribution in [0.5, 0.6) is 0 Å². The Bertz CT molecular complexity index is 442. The summed E-state index contributed by atoms with van der Waals surface area (Å²) in [5.41, 5.74) is 0. The van der Waals surface area contributed by atoms with Gasteiger partial charge < -0.3 is 10.1 Å². The second-order valence-electron chi connectivity index (χ2n) is 4.23. The molecule has 5 nitrogen and oxygen atoms in total. The molecule has 2 fully saturated rings. The van der Waals surface area contributed by atoms with Crippen molar-refractivity contribution in [2.75, 3.05) is 0 Å². The minimum Gasteiger partial charge on any atom is -0.465 e. The molecule has 1 aromatic heterocycles. The number of aromatic nitrogens is 2. The van der Waals surface area contributed by atoms with Crippen molar-refractivity contribution in [3.63, 3.8) is 0 Å². The van der Waals surface area contributed by atoms with Crippen molar-refractivity contribution in [3.8, 4) is 0 Å². The molecule has 16 heavy (non-hydrogen) atoms. The summed E-state index contributed by atoms with van der Waals surface area (Å²) in [6.45, 7) is 0. The number of halogens is 2. The molecule has 1 amide bonds. The zero-order chi connectivity index (χ0) is 11.4. The van der Waals surface area contributed by atoms with Gasteiger partial charge in [0, 0.05) is 6.04 Å². The Balaban J connectivity index is 1.92. The molecule has 1 aliphatic carbocycles. The monoisotopic (exact) mass is 445 g/mol. The predicted octanol–water partition coefficient (Wildman–Crippen LogP) is 2.43. The van der Waals surface area contributed by atoms with E-state index in [2.05, 4.69) is 55.1 Å². The number of nitrogens with one attached hydrogen (secondary N) is 1. The lowest BCUT2D eigenvalue weighted by Crippen LogP contribution is -2.32. The van der Waals surface area contributed by atoms with E-state index in [1.54, 1.807) is 4.90 Å². The highest BCUT2D eigenvalue weighted by Gasteiger charge is 2.55. The van der Waals surface area contributed by atoms with Crippen LogP contribution in [0.2, 0.25) is 0 Å². The molecular weight excluding hydrogens is 436 g/mol. The Kier molecular flexibility index (Phi) is 2.57. The number of hydrogen-bond acceptors (Lipinski definition) is 2. The Morgan fingerprint density at radius 3 is 2.81 bits per heavy atom. The third-order valence-corrected chi connectivity index (χ3v) is 5.87. The molecule has 2 heterocycles. The van der Waals surface area contributed by atoms with Crippen LogP contribution in [0.4, 0.5) is 4.79 Å². The molecule has 1 saturated carbocycles. The number of hydrogen-bond donors (Lipinski definition) is 2. The SMILES string of the molecule is O=C(O)N1C(c2nc(I)c(I)[nH]2)CC2CC21. The first-order chi connectivity index (χ1) is 7.58. The Hall–Kier alpha value is -0.0600. The molecule has 2 N–H and O–H groups in total. The number of aromatic amines is 1. The van der Waals surface area contributed by atoms with Gasteiger partial charge in [0.15, 0.2) is 0 Å². The number of fused-ring (bicyclic) bond motifs is 1. The van der Waals surface area contributed by atoms with Crippen LogP contribution < -0.4 is 0 Å². The van der Waals surface area contributed by atoms with Crippen molar-refractivity contribution in [1.82, 2.24) is 14.9 Å². The van der Waals surface area contributed by atoms with E-state index in [0.717, 1.165) is 26.1 Å². The summed E-state index contributed by atoms with van der Waals surface area (Å²) in [5.74, 6) is 1.35. The molecule has 0 radical (unpaired) electrons. The topological polar surface area (TPSA) is 69.2 Å². The van der Waals surface area contributed by atoms with Crippen LogP contribution in [-0.4, -0.2) is 32.1 Å². The van der Waals surface area contributed by atoms with Crippen LogP contribution in [-0.2, 0) is 0 Å². The summed E-state index contributed by atoms with van der Waals surface area (Å²) < 4.78 is 1.90. The lowest BCUT2D eigenvalue weighted by Gasteiger charge is -2.22. The molecule has 7 heteroatoms. The fourth-order valence-electron chi connectivity index (χ4n) is 2.48. The maximum Gasteiger partial charge on any atom is 0.408 e. The minimum atomic E-state index is -0.823. The van der Waals surface area contributed by atoms with Crippen molar-refractivity contribution in [3.05, 3.63) is 13.2 Å². The van der Waals surface area contributed by atoms with Gasteiger partial charge in [0.25, 0.3) is 0 Å². The number of carbonyl (C=O) groups is 1. The van der Waals surface area contributed by atoms with Crippen LogP contribution in [0.3, 0.4) is 0 Å². The molecule has 3 rings (SSSR count).